The summed E-state index contributed by atoms with van der Waals surface area (Å²) in [6, 6.07) is 11.9. The van der Waals surface area contributed by atoms with Crippen LogP contribution in [0.2, 0.25) is 0 Å². The van der Waals surface area contributed by atoms with E-state index in [9.17, 15) is 23.2 Å². The molecule has 2 aromatic rings. The molecular weight excluding hydrogens is 494 g/mol. The number of hydrogen-bond donors (Lipinski definition) is 2. The van der Waals surface area contributed by atoms with Crippen LogP contribution in [-0.4, -0.2) is 54.7 Å². The highest BCUT2D eigenvalue weighted by atomic mass is 19.2. The fourth-order valence-corrected chi connectivity index (χ4v) is 5.31. The number of esters is 1. The number of carbonyl (C=O) groups is 3. The number of amides is 3. The number of methoxy groups -OCH3 is 1. The predicted octanol–water partition coefficient (Wildman–Crippen LogP) is 4.17. The van der Waals surface area contributed by atoms with Gasteiger partial charge in [0.2, 0.25) is 6.41 Å². The Hall–Kier alpha value is -3.79. The van der Waals surface area contributed by atoms with Crippen LogP contribution < -0.4 is 10.6 Å². The van der Waals surface area contributed by atoms with Gasteiger partial charge in [0, 0.05) is 18.3 Å². The highest BCUT2D eigenvalue weighted by molar-refractivity contribution is 5.95. The van der Waals surface area contributed by atoms with Gasteiger partial charge in [0.1, 0.15) is 6.04 Å². The third-order valence-corrected chi connectivity index (χ3v) is 7.26. The number of ether oxygens (including phenoxy) is 1. The van der Waals surface area contributed by atoms with Crippen molar-refractivity contribution < 1.29 is 27.9 Å². The summed E-state index contributed by atoms with van der Waals surface area (Å²) in [5.41, 5.74) is 1.68. The number of hydrazine groups is 1. The monoisotopic (exact) mass is 526 g/mol. The van der Waals surface area contributed by atoms with Crippen LogP contribution in [0.3, 0.4) is 0 Å². The third kappa shape index (κ3) is 5.85. The number of rotatable bonds is 9. The Morgan fingerprint density at radius 3 is 2.45 bits per heavy atom. The Labute approximate surface area is 220 Å². The number of nitrogens with one attached hydrogen (secondary N) is 2. The van der Waals surface area contributed by atoms with Gasteiger partial charge in [0.05, 0.1) is 19.2 Å². The van der Waals surface area contributed by atoms with E-state index in [-0.39, 0.29) is 29.4 Å². The highest BCUT2D eigenvalue weighted by Crippen LogP contribution is 2.36. The van der Waals surface area contributed by atoms with E-state index < -0.39 is 29.7 Å². The molecule has 0 spiro atoms. The second kappa shape index (κ2) is 12.2. The maximum atomic E-state index is 14.2. The van der Waals surface area contributed by atoms with Crippen molar-refractivity contribution in [1.82, 2.24) is 20.7 Å². The highest BCUT2D eigenvalue weighted by Gasteiger charge is 2.41. The molecule has 3 amide bonds. The maximum absolute atomic E-state index is 14.2. The molecule has 1 saturated carbocycles. The van der Waals surface area contributed by atoms with Crippen LogP contribution in [0.1, 0.15) is 55.7 Å². The van der Waals surface area contributed by atoms with E-state index in [1.807, 2.05) is 6.07 Å². The van der Waals surface area contributed by atoms with Crippen molar-refractivity contribution in [3.8, 4) is 0 Å². The van der Waals surface area contributed by atoms with E-state index in [1.54, 1.807) is 0 Å². The predicted molar refractivity (Wildman–Crippen MR) is 136 cm³/mol. The summed E-state index contributed by atoms with van der Waals surface area (Å²) < 4.78 is 32.8. The fraction of sp³-hybridized carbons (Fsp3) is 0.393. The fourth-order valence-electron chi connectivity index (χ4n) is 5.31. The summed E-state index contributed by atoms with van der Waals surface area (Å²) in [4.78, 5) is 37.9. The van der Waals surface area contributed by atoms with Crippen molar-refractivity contribution in [3.05, 3.63) is 82.6 Å². The van der Waals surface area contributed by atoms with Crippen LogP contribution in [0.5, 0.6) is 0 Å². The molecule has 1 aliphatic carbocycles. The normalized spacial score (nSPS) is 21.6. The third-order valence-electron chi connectivity index (χ3n) is 7.26. The van der Waals surface area contributed by atoms with E-state index in [4.69, 9.17) is 4.74 Å². The van der Waals surface area contributed by atoms with E-state index in [0.717, 1.165) is 47.8 Å². The molecule has 202 valence electrons. The first-order chi connectivity index (χ1) is 18.3. The molecule has 1 heterocycles. The van der Waals surface area contributed by atoms with Gasteiger partial charge in [-0.2, -0.15) is 0 Å². The molecule has 8 nitrogen and oxygen atoms in total. The van der Waals surface area contributed by atoms with E-state index in [1.165, 1.54) is 25.7 Å². The minimum atomic E-state index is -1.20. The summed E-state index contributed by atoms with van der Waals surface area (Å²) in [6.07, 6.45) is 4.56. The number of urea groups is 1. The largest absolute Gasteiger partial charge is 0.466 e. The molecule has 1 atom stereocenters. The zero-order chi connectivity index (χ0) is 27.2. The van der Waals surface area contributed by atoms with E-state index in [2.05, 4.69) is 34.9 Å². The topological polar surface area (TPSA) is 91.0 Å². The number of hydrogen-bond acceptors (Lipinski definition) is 5. The second-order valence-corrected chi connectivity index (χ2v) is 9.56. The lowest BCUT2D eigenvalue weighted by molar-refractivity contribution is -0.141. The Kier molecular flexibility index (Phi) is 8.73. The average Bonchev–Trinajstić information content (AvgIpc) is 2.93. The van der Waals surface area contributed by atoms with Crippen molar-refractivity contribution in [2.45, 2.75) is 50.6 Å². The van der Waals surface area contributed by atoms with Crippen LogP contribution >= 0.6 is 0 Å². The lowest BCUT2D eigenvalue weighted by Crippen LogP contribution is -2.57. The summed E-state index contributed by atoms with van der Waals surface area (Å²) in [6.45, 7) is 2.01. The van der Waals surface area contributed by atoms with Crippen molar-refractivity contribution >= 4 is 18.4 Å². The average molecular weight is 527 g/mol. The molecule has 2 N–H and O–H groups in total. The molecule has 0 bridgehead atoms. The van der Waals surface area contributed by atoms with Gasteiger partial charge >= 0.3 is 12.0 Å². The first-order valence-corrected chi connectivity index (χ1v) is 12.7. The zero-order valence-corrected chi connectivity index (χ0v) is 21.5. The van der Waals surface area contributed by atoms with Crippen LogP contribution in [0, 0.1) is 11.6 Å². The first kappa shape index (κ1) is 27.3. The molecule has 0 saturated heterocycles. The minimum Gasteiger partial charge on any atom is -0.466 e. The van der Waals surface area contributed by atoms with Gasteiger partial charge in [0.25, 0.3) is 0 Å². The number of allylic oxidation sites excluding steroid dienone is 1. The summed E-state index contributed by atoms with van der Waals surface area (Å²) in [5.74, 6) is -2.44. The molecule has 1 unspecified atom stereocenters. The number of carbonyl (C=O) groups excluding carboxylic acids is 3. The van der Waals surface area contributed by atoms with Crippen LogP contribution in [0.4, 0.5) is 13.6 Å². The SMILES string of the molecule is COC(=O)C1=C(C)NC(=O)N(N(C=O)CCNC2CCC(c3ccccc3)CC2)C1c1ccc(F)c(F)c1. The van der Waals surface area contributed by atoms with Gasteiger partial charge in [-0.3, -0.25) is 9.80 Å². The molecule has 38 heavy (non-hydrogen) atoms. The molecule has 1 aliphatic heterocycles. The van der Waals surface area contributed by atoms with Gasteiger partial charge in [-0.15, -0.1) is 0 Å². The maximum Gasteiger partial charge on any atom is 0.341 e. The van der Waals surface area contributed by atoms with Gasteiger partial charge in [-0.25, -0.2) is 23.4 Å². The van der Waals surface area contributed by atoms with Crippen LogP contribution in [0.15, 0.2) is 59.8 Å². The van der Waals surface area contributed by atoms with Crippen molar-refractivity contribution in [2.75, 3.05) is 20.2 Å². The second-order valence-electron chi connectivity index (χ2n) is 9.56. The Morgan fingerprint density at radius 2 is 1.82 bits per heavy atom. The van der Waals surface area contributed by atoms with Gasteiger partial charge < -0.3 is 15.4 Å². The van der Waals surface area contributed by atoms with Gasteiger partial charge in [-0.1, -0.05) is 36.4 Å². The number of halogens is 2. The van der Waals surface area contributed by atoms with Gasteiger partial charge in [0.15, 0.2) is 11.6 Å². The zero-order valence-electron chi connectivity index (χ0n) is 21.5. The molecule has 0 aromatic heterocycles. The molecule has 4 rings (SSSR count). The molecule has 1 fully saturated rings. The summed E-state index contributed by atoms with van der Waals surface area (Å²) in [5, 5.41) is 8.22. The van der Waals surface area contributed by atoms with E-state index in [0.29, 0.717) is 18.9 Å². The smallest absolute Gasteiger partial charge is 0.341 e. The molecular formula is C28H32F2N4O4. The molecule has 0 radical (unpaired) electrons. The Balaban J connectivity index is 1.47. The van der Waals surface area contributed by atoms with Gasteiger partial charge in [-0.05, 0) is 61.8 Å². The molecule has 10 heteroatoms. The van der Waals surface area contributed by atoms with Crippen molar-refractivity contribution in [2.24, 2.45) is 0 Å². The van der Waals surface area contributed by atoms with E-state index >= 15 is 0 Å². The lowest BCUT2D eigenvalue weighted by Gasteiger charge is -2.42. The number of benzene rings is 2. The quantitative estimate of drug-likeness (QED) is 0.378. The summed E-state index contributed by atoms with van der Waals surface area (Å²) in [7, 11) is 1.18. The lowest BCUT2D eigenvalue weighted by atomic mass is 9.82. The Morgan fingerprint density at radius 1 is 1.11 bits per heavy atom. The number of nitrogens with zero attached hydrogens (tertiary/aromatic N) is 2. The molecule has 2 aromatic carbocycles. The van der Waals surface area contributed by atoms with Crippen LogP contribution in [0.25, 0.3) is 0 Å². The standard InChI is InChI=1S/C28H32F2N4O4/c1-18-25(27(36)38-2)26(21-10-13-23(29)24(30)16-21)34(28(37)32-18)33(17-35)15-14-31-22-11-8-20(9-12-22)19-6-4-3-5-7-19/h3-7,10,13,16-17,20,22,26,31H,8-9,11-12,14-15H2,1-2H3,(H,32,37). The van der Waals surface area contributed by atoms with Crippen molar-refractivity contribution in [3.63, 3.8) is 0 Å². The first-order valence-electron chi connectivity index (χ1n) is 12.7. The van der Waals surface area contributed by atoms with Crippen molar-refractivity contribution in [1.29, 1.82) is 0 Å². The summed E-state index contributed by atoms with van der Waals surface area (Å²) >= 11 is 0. The minimum absolute atomic E-state index is 0.0113. The molecule has 2 aliphatic rings. The van der Waals surface area contributed by atoms with Crippen LogP contribution in [-0.2, 0) is 14.3 Å². The Bertz CT molecular complexity index is 1200.